The Bertz CT molecular complexity index is 1470. The van der Waals surface area contributed by atoms with Crippen LogP contribution in [0, 0.1) is 0 Å². The number of aromatic nitrogens is 2. The largest absolute Gasteiger partial charge is 0.366 e. The van der Waals surface area contributed by atoms with E-state index in [0.29, 0.717) is 17.6 Å². The third kappa shape index (κ3) is 6.43. The number of rotatable bonds is 11. The average Bonchev–Trinajstić information content (AvgIpc) is 3.29. The number of fused-ring (bicyclic) bond motifs is 1. The molecular formula is C33H37ClN4O. The molecule has 2 N–H and O–H groups in total. The van der Waals surface area contributed by atoms with Crippen molar-refractivity contribution in [3.8, 4) is 0 Å². The molecule has 3 aromatic carbocycles. The van der Waals surface area contributed by atoms with Crippen LogP contribution in [0.25, 0.3) is 16.6 Å². The fraction of sp³-hybridized carbons (Fsp3) is 0.333. The van der Waals surface area contributed by atoms with Gasteiger partial charge >= 0.3 is 0 Å². The van der Waals surface area contributed by atoms with E-state index in [-0.39, 0.29) is 0 Å². The minimum atomic E-state index is -0.429. The van der Waals surface area contributed by atoms with Gasteiger partial charge in [0.25, 0.3) is 5.91 Å². The smallest absolute Gasteiger partial charge is 0.250 e. The molecule has 0 radical (unpaired) electrons. The average molecular weight is 541 g/mol. The van der Waals surface area contributed by atoms with Crippen LogP contribution in [0.3, 0.4) is 0 Å². The number of benzene rings is 3. The minimum Gasteiger partial charge on any atom is -0.366 e. The van der Waals surface area contributed by atoms with Crippen LogP contribution in [0.1, 0.15) is 65.5 Å². The number of aryl methyl sites for hydroxylation is 2. The number of nitrogens with zero attached hydrogens (tertiary/aromatic N) is 3. The lowest BCUT2D eigenvalue weighted by atomic mass is 9.99. The summed E-state index contributed by atoms with van der Waals surface area (Å²) in [6.07, 6.45) is 8.31. The topological polar surface area (TPSA) is 64.2 Å². The van der Waals surface area contributed by atoms with Gasteiger partial charge in [0.15, 0.2) is 0 Å². The Kier molecular flexibility index (Phi) is 8.80. The van der Waals surface area contributed by atoms with E-state index in [4.69, 9.17) is 22.3 Å². The Morgan fingerprint density at radius 2 is 1.82 bits per heavy atom. The zero-order valence-corrected chi connectivity index (χ0v) is 23.5. The molecule has 6 heteroatoms. The maximum Gasteiger partial charge on any atom is 0.250 e. The lowest BCUT2D eigenvalue weighted by molar-refractivity contribution is 0.100. The predicted molar refractivity (Wildman–Crippen MR) is 161 cm³/mol. The van der Waals surface area contributed by atoms with Crippen LogP contribution >= 0.6 is 11.6 Å². The monoisotopic (exact) mass is 540 g/mol. The Hall–Kier alpha value is -3.41. The normalized spacial score (nSPS) is 14.1. The van der Waals surface area contributed by atoms with Crippen molar-refractivity contribution in [2.45, 2.75) is 52.0 Å². The Labute approximate surface area is 236 Å². The van der Waals surface area contributed by atoms with Gasteiger partial charge < -0.3 is 10.3 Å². The lowest BCUT2D eigenvalue weighted by Crippen LogP contribution is -2.29. The summed E-state index contributed by atoms with van der Waals surface area (Å²) in [4.78, 5) is 19.9. The summed E-state index contributed by atoms with van der Waals surface area (Å²) in [6.45, 7) is 5.93. The van der Waals surface area contributed by atoms with Gasteiger partial charge in [-0.1, -0.05) is 73.1 Å². The Morgan fingerprint density at radius 1 is 1.03 bits per heavy atom. The molecule has 0 bridgehead atoms. The van der Waals surface area contributed by atoms with Gasteiger partial charge in [-0.3, -0.25) is 9.69 Å². The second-order valence-corrected chi connectivity index (χ2v) is 10.8. The zero-order valence-electron chi connectivity index (χ0n) is 22.7. The number of hydrogen-bond donors (Lipinski definition) is 1. The summed E-state index contributed by atoms with van der Waals surface area (Å²) < 4.78 is 2.21. The molecular weight excluding hydrogens is 504 g/mol. The van der Waals surface area contributed by atoms with Crippen LogP contribution in [0.4, 0.5) is 0 Å². The summed E-state index contributed by atoms with van der Waals surface area (Å²) in [5.41, 5.74) is 13.0. The molecule has 0 unspecified atom stereocenters. The number of amides is 1. The van der Waals surface area contributed by atoms with Crippen molar-refractivity contribution in [1.82, 2.24) is 14.5 Å². The third-order valence-electron chi connectivity index (χ3n) is 7.65. The molecule has 1 aliphatic heterocycles. The van der Waals surface area contributed by atoms with E-state index in [2.05, 4.69) is 58.9 Å². The maximum absolute atomic E-state index is 12.5. The van der Waals surface area contributed by atoms with E-state index >= 15 is 0 Å². The number of primary amides is 1. The van der Waals surface area contributed by atoms with Gasteiger partial charge in [0, 0.05) is 24.5 Å². The van der Waals surface area contributed by atoms with Crippen LogP contribution in [-0.4, -0.2) is 40.0 Å². The van der Waals surface area contributed by atoms with Crippen LogP contribution in [0.2, 0.25) is 5.02 Å². The summed E-state index contributed by atoms with van der Waals surface area (Å²) in [5.74, 6) is 0.529. The molecule has 0 saturated heterocycles. The number of nitrogens with two attached hydrogens (primary N) is 1. The van der Waals surface area contributed by atoms with Gasteiger partial charge in [-0.05, 0) is 79.1 Å². The molecule has 0 saturated carbocycles. The van der Waals surface area contributed by atoms with Crippen LogP contribution in [0.15, 0.2) is 72.8 Å². The van der Waals surface area contributed by atoms with E-state index in [1.807, 2.05) is 30.3 Å². The quantitative estimate of drug-likeness (QED) is 0.210. The van der Waals surface area contributed by atoms with Gasteiger partial charge in [0.2, 0.25) is 0 Å². The van der Waals surface area contributed by atoms with Crippen LogP contribution in [0.5, 0.6) is 0 Å². The summed E-state index contributed by atoms with van der Waals surface area (Å²) in [5, 5.41) is 0.733. The molecule has 202 valence electrons. The summed E-state index contributed by atoms with van der Waals surface area (Å²) in [7, 11) is 0. The van der Waals surface area contributed by atoms with Crippen molar-refractivity contribution in [3.05, 3.63) is 106 Å². The first kappa shape index (κ1) is 27.2. The first-order valence-electron chi connectivity index (χ1n) is 14.1. The molecule has 5 rings (SSSR count). The standard InChI is InChI=1S/C33H37ClN4O/c1-2-10-31-36-32-28(33(35)39)21-24(22-30(32)38(31)23-27-14-6-7-15-29(27)34)11-8-9-18-37-19-16-26(17-20-37)25-12-4-3-5-13-25/h3-7,12-16,21-22H,2,8-11,17-20,23H2,1H3,(H2,35,39). The van der Waals surface area contributed by atoms with Crippen molar-refractivity contribution < 1.29 is 4.79 Å². The van der Waals surface area contributed by atoms with E-state index < -0.39 is 5.91 Å². The molecule has 1 aliphatic rings. The first-order chi connectivity index (χ1) is 19.0. The van der Waals surface area contributed by atoms with Gasteiger partial charge in [-0.15, -0.1) is 0 Å². The van der Waals surface area contributed by atoms with Crippen molar-refractivity contribution >= 4 is 34.1 Å². The van der Waals surface area contributed by atoms with E-state index in [9.17, 15) is 4.79 Å². The van der Waals surface area contributed by atoms with Gasteiger partial charge in [-0.25, -0.2) is 4.98 Å². The van der Waals surface area contributed by atoms with Crippen molar-refractivity contribution in [3.63, 3.8) is 0 Å². The second-order valence-electron chi connectivity index (χ2n) is 10.4. The fourth-order valence-electron chi connectivity index (χ4n) is 5.54. The summed E-state index contributed by atoms with van der Waals surface area (Å²) >= 11 is 6.51. The van der Waals surface area contributed by atoms with Crippen LogP contribution in [-0.2, 0) is 19.4 Å². The number of carbonyl (C=O) groups excluding carboxylic acids is 1. The highest BCUT2D eigenvalue weighted by Gasteiger charge is 2.19. The maximum atomic E-state index is 12.5. The summed E-state index contributed by atoms with van der Waals surface area (Å²) in [6, 6.07) is 22.7. The number of carbonyl (C=O) groups is 1. The predicted octanol–water partition coefficient (Wildman–Crippen LogP) is 6.90. The molecule has 0 aliphatic carbocycles. The molecule has 4 aromatic rings. The van der Waals surface area contributed by atoms with Gasteiger partial charge in [0.1, 0.15) is 11.3 Å². The number of unbranched alkanes of at least 4 members (excludes halogenated alkanes) is 1. The molecule has 39 heavy (non-hydrogen) atoms. The van der Waals surface area contributed by atoms with Crippen molar-refractivity contribution in [1.29, 1.82) is 0 Å². The molecule has 1 aromatic heterocycles. The molecule has 5 nitrogen and oxygen atoms in total. The minimum absolute atomic E-state index is 0.429. The highest BCUT2D eigenvalue weighted by Crippen LogP contribution is 2.27. The lowest BCUT2D eigenvalue weighted by Gasteiger charge is -2.26. The van der Waals surface area contributed by atoms with E-state index in [1.165, 1.54) is 11.1 Å². The van der Waals surface area contributed by atoms with Crippen LogP contribution < -0.4 is 5.73 Å². The molecule has 0 fully saturated rings. The Morgan fingerprint density at radius 3 is 2.54 bits per heavy atom. The molecule has 1 amide bonds. The number of hydrogen-bond acceptors (Lipinski definition) is 3. The highest BCUT2D eigenvalue weighted by molar-refractivity contribution is 6.31. The molecule has 2 heterocycles. The van der Waals surface area contributed by atoms with Gasteiger partial charge in [0.05, 0.1) is 17.6 Å². The molecule has 0 spiro atoms. The van der Waals surface area contributed by atoms with Crippen molar-refractivity contribution in [2.75, 3.05) is 19.6 Å². The number of imidazole rings is 1. The highest BCUT2D eigenvalue weighted by atomic mass is 35.5. The zero-order chi connectivity index (χ0) is 27.2. The molecule has 0 atom stereocenters. The van der Waals surface area contributed by atoms with E-state index in [0.717, 1.165) is 85.6 Å². The fourth-order valence-corrected chi connectivity index (χ4v) is 5.74. The van der Waals surface area contributed by atoms with Gasteiger partial charge in [-0.2, -0.15) is 0 Å². The van der Waals surface area contributed by atoms with Crippen molar-refractivity contribution in [2.24, 2.45) is 5.73 Å². The Balaban J connectivity index is 1.29. The van der Waals surface area contributed by atoms with E-state index in [1.54, 1.807) is 0 Å². The SMILES string of the molecule is CCCc1nc2c(C(N)=O)cc(CCCCN3CC=C(c4ccccc4)CC3)cc2n1Cc1ccccc1Cl. The first-order valence-corrected chi connectivity index (χ1v) is 14.4. The number of halogens is 1. The second kappa shape index (κ2) is 12.6. The third-order valence-corrected chi connectivity index (χ3v) is 8.01.